The van der Waals surface area contributed by atoms with Crippen LogP contribution in [-0.2, 0) is 17.8 Å². The largest absolute Gasteiger partial charge is 0.504 e. The molecule has 0 fully saturated rings. The SMILES string of the molecule is COc1ccc(OCc2ccc(-c3ccc(C(=O)OCCc4ccc(O)c(O)c4)nc3)cc2)cc1. The Morgan fingerprint density at radius 3 is 2.14 bits per heavy atom. The molecule has 178 valence electrons. The van der Waals surface area contributed by atoms with Crippen LogP contribution >= 0.6 is 0 Å². The van der Waals surface area contributed by atoms with Crippen LogP contribution in [0.3, 0.4) is 0 Å². The number of aromatic hydroxyl groups is 2. The molecular formula is C28H25NO6. The van der Waals surface area contributed by atoms with Gasteiger partial charge in [0.2, 0.25) is 0 Å². The minimum atomic E-state index is -0.523. The van der Waals surface area contributed by atoms with Crippen LogP contribution in [0.1, 0.15) is 21.6 Å². The van der Waals surface area contributed by atoms with Gasteiger partial charge in [-0.2, -0.15) is 0 Å². The summed E-state index contributed by atoms with van der Waals surface area (Å²) in [6.07, 6.45) is 2.05. The van der Waals surface area contributed by atoms with Gasteiger partial charge >= 0.3 is 5.97 Å². The topological polar surface area (TPSA) is 98.1 Å². The molecule has 0 unspecified atom stereocenters. The highest BCUT2D eigenvalue weighted by molar-refractivity contribution is 5.87. The lowest BCUT2D eigenvalue weighted by Crippen LogP contribution is -2.09. The molecule has 3 aromatic carbocycles. The monoisotopic (exact) mass is 471 g/mol. The van der Waals surface area contributed by atoms with Crippen LogP contribution in [0.4, 0.5) is 0 Å². The van der Waals surface area contributed by atoms with Crippen molar-refractivity contribution in [1.29, 1.82) is 0 Å². The second-order valence-electron chi connectivity index (χ2n) is 7.80. The fourth-order valence-electron chi connectivity index (χ4n) is 3.38. The second kappa shape index (κ2) is 11.1. The first-order chi connectivity index (χ1) is 17.0. The van der Waals surface area contributed by atoms with Gasteiger partial charge in [0, 0.05) is 18.2 Å². The van der Waals surface area contributed by atoms with Gasteiger partial charge in [0.25, 0.3) is 0 Å². The quantitative estimate of drug-likeness (QED) is 0.257. The molecule has 0 aliphatic heterocycles. The summed E-state index contributed by atoms with van der Waals surface area (Å²) in [5.41, 5.74) is 3.84. The highest BCUT2D eigenvalue weighted by atomic mass is 16.5. The van der Waals surface area contributed by atoms with Gasteiger partial charge in [-0.15, -0.1) is 0 Å². The number of carbonyl (C=O) groups excluding carboxylic acids is 1. The fraction of sp³-hybridized carbons (Fsp3) is 0.143. The minimum Gasteiger partial charge on any atom is -0.504 e. The van der Waals surface area contributed by atoms with E-state index >= 15 is 0 Å². The zero-order chi connectivity index (χ0) is 24.6. The highest BCUT2D eigenvalue weighted by Crippen LogP contribution is 2.25. The third kappa shape index (κ3) is 6.29. The summed E-state index contributed by atoms with van der Waals surface area (Å²) < 4.78 is 16.2. The Kier molecular flexibility index (Phi) is 7.47. The van der Waals surface area contributed by atoms with E-state index in [0.717, 1.165) is 33.8 Å². The maximum atomic E-state index is 12.3. The third-order valence-corrected chi connectivity index (χ3v) is 5.39. The first-order valence-corrected chi connectivity index (χ1v) is 11.0. The van der Waals surface area contributed by atoms with Gasteiger partial charge < -0.3 is 24.4 Å². The number of benzene rings is 3. The van der Waals surface area contributed by atoms with E-state index in [1.54, 1.807) is 25.4 Å². The second-order valence-corrected chi connectivity index (χ2v) is 7.80. The average molecular weight is 472 g/mol. The first kappa shape index (κ1) is 23.6. The molecule has 0 spiro atoms. The van der Waals surface area contributed by atoms with E-state index < -0.39 is 5.97 Å². The van der Waals surface area contributed by atoms with E-state index in [1.807, 2.05) is 54.6 Å². The van der Waals surface area contributed by atoms with Crippen LogP contribution in [-0.4, -0.2) is 34.9 Å². The Balaban J connectivity index is 1.28. The zero-order valence-corrected chi connectivity index (χ0v) is 19.2. The summed E-state index contributed by atoms with van der Waals surface area (Å²) >= 11 is 0. The molecule has 0 bridgehead atoms. The van der Waals surface area contributed by atoms with Crippen molar-refractivity contribution in [3.8, 4) is 34.1 Å². The smallest absolute Gasteiger partial charge is 0.356 e. The molecule has 0 amide bonds. The number of phenols is 2. The van der Waals surface area contributed by atoms with Crippen molar-refractivity contribution in [2.24, 2.45) is 0 Å². The number of phenolic OH excluding ortho intramolecular Hbond substituents is 2. The van der Waals surface area contributed by atoms with Gasteiger partial charge in [0.05, 0.1) is 13.7 Å². The lowest BCUT2D eigenvalue weighted by molar-refractivity contribution is 0.0502. The lowest BCUT2D eigenvalue weighted by atomic mass is 10.1. The molecule has 1 aromatic heterocycles. The number of hydrogen-bond donors (Lipinski definition) is 2. The first-order valence-electron chi connectivity index (χ1n) is 11.0. The van der Waals surface area contributed by atoms with Crippen LogP contribution in [0.2, 0.25) is 0 Å². The molecule has 0 saturated heterocycles. The fourth-order valence-corrected chi connectivity index (χ4v) is 3.38. The summed E-state index contributed by atoms with van der Waals surface area (Å²) in [5.74, 6) is 0.633. The van der Waals surface area contributed by atoms with Gasteiger partial charge in [-0.1, -0.05) is 36.4 Å². The molecule has 4 rings (SSSR count). The van der Waals surface area contributed by atoms with E-state index in [2.05, 4.69) is 4.98 Å². The third-order valence-electron chi connectivity index (χ3n) is 5.39. The summed E-state index contributed by atoms with van der Waals surface area (Å²) in [4.78, 5) is 16.5. The maximum absolute atomic E-state index is 12.3. The van der Waals surface area contributed by atoms with Crippen LogP contribution in [0.15, 0.2) is 85.1 Å². The van der Waals surface area contributed by atoms with Crippen molar-refractivity contribution in [2.45, 2.75) is 13.0 Å². The Hall–Kier alpha value is -4.52. The molecule has 0 aliphatic carbocycles. The standard InChI is InChI=1S/C28H25NO6/c1-33-23-8-10-24(11-9-23)35-18-20-2-5-21(6-3-20)22-7-12-25(29-17-22)28(32)34-15-14-19-4-13-26(30)27(31)16-19/h2-13,16-17,30-31H,14-15,18H2,1H3. The number of pyridine rings is 1. The normalized spacial score (nSPS) is 10.5. The summed E-state index contributed by atoms with van der Waals surface area (Å²) in [6.45, 7) is 0.575. The number of hydrogen-bond acceptors (Lipinski definition) is 7. The predicted octanol–water partition coefficient (Wildman–Crippen LogP) is 5.15. The predicted molar refractivity (Wildman–Crippen MR) is 131 cm³/mol. The van der Waals surface area contributed by atoms with E-state index in [4.69, 9.17) is 14.2 Å². The Morgan fingerprint density at radius 2 is 1.49 bits per heavy atom. The van der Waals surface area contributed by atoms with Crippen LogP contribution in [0.25, 0.3) is 11.1 Å². The molecule has 35 heavy (non-hydrogen) atoms. The number of nitrogens with zero attached hydrogens (tertiary/aromatic N) is 1. The number of esters is 1. The molecule has 0 radical (unpaired) electrons. The van der Waals surface area contributed by atoms with Crippen molar-refractivity contribution >= 4 is 5.97 Å². The van der Waals surface area contributed by atoms with Gasteiger partial charge in [-0.05, 0) is 59.2 Å². The molecule has 2 N–H and O–H groups in total. The molecule has 1 heterocycles. The van der Waals surface area contributed by atoms with Crippen LogP contribution < -0.4 is 9.47 Å². The maximum Gasteiger partial charge on any atom is 0.356 e. The number of rotatable bonds is 9. The number of aromatic nitrogens is 1. The molecule has 0 saturated carbocycles. The summed E-state index contributed by atoms with van der Waals surface area (Å²) in [7, 11) is 1.63. The van der Waals surface area contributed by atoms with Crippen molar-refractivity contribution < 1.29 is 29.2 Å². The average Bonchev–Trinajstić information content (AvgIpc) is 2.90. The number of ether oxygens (including phenoxy) is 3. The van der Waals surface area contributed by atoms with Crippen molar-refractivity contribution in [2.75, 3.05) is 13.7 Å². The van der Waals surface area contributed by atoms with Gasteiger partial charge in [0.15, 0.2) is 11.5 Å². The van der Waals surface area contributed by atoms with Crippen molar-refractivity contribution in [3.05, 3.63) is 102 Å². The lowest BCUT2D eigenvalue weighted by Gasteiger charge is -2.09. The van der Waals surface area contributed by atoms with Crippen molar-refractivity contribution in [3.63, 3.8) is 0 Å². The molecular weight excluding hydrogens is 446 g/mol. The Bertz CT molecular complexity index is 1270. The van der Waals surface area contributed by atoms with Gasteiger partial charge in [0.1, 0.15) is 23.8 Å². The van der Waals surface area contributed by atoms with Crippen LogP contribution in [0.5, 0.6) is 23.0 Å². The van der Waals surface area contributed by atoms with E-state index in [-0.39, 0.29) is 23.8 Å². The summed E-state index contributed by atoms with van der Waals surface area (Å²) in [5, 5.41) is 18.9. The number of methoxy groups -OCH3 is 1. The Labute approximate surface area is 203 Å². The van der Waals surface area contributed by atoms with Gasteiger partial charge in [-0.3, -0.25) is 0 Å². The van der Waals surface area contributed by atoms with E-state index in [9.17, 15) is 15.0 Å². The minimum absolute atomic E-state index is 0.131. The highest BCUT2D eigenvalue weighted by Gasteiger charge is 2.10. The zero-order valence-electron chi connectivity index (χ0n) is 19.2. The van der Waals surface area contributed by atoms with E-state index in [0.29, 0.717) is 13.0 Å². The molecule has 0 atom stereocenters. The molecule has 4 aromatic rings. The summed E-state index contributed by atoms with van der Waals surface area (Å²) in [6, 6.07) is 23.3. The molecule has 7 nitrogen and oxygen atoms in total. The van der Waals surface area contributed by atoms with Crippen molar-refractivity contribution in [1.82, 2.24) is 4.98 Å². The van der Waals surface area contributed by atoms with E-state index in [1.165, 1.54) is 12.1 Å². The molecule has 0 aliphatic rings. The molecule has 7 heteroatoms. The number of carbonyl (C=O) groups is 1. The van der Waals surface area contributed by atoms with Gasteiger partial charge in [-0.25, -0.2) is 9.78 Å². The Morgan fingerprint density at radius 1 is 0.800 bits per heavy atom. The van der Waals surface area contributed by atoms with Crippen LogP contribution in [0, 0.1) is 0 Å².